The van der Waals surface area contributed by atoms with Gasteiger partial charge in [0.2, 0.25) is 5.91 Å². The maximum Gasteiger partial charge on any atom is 0.224 e. The number of nitrogens with one attached hydrogen (secondary N) is 1. The zero-order valence-corrected chi connectivity index (χ0v) is 11.2. The van der Waals surface area contributed by atoms with Crippen LogP contribution in [0.25, 0.3) is 0 Å². The van der Waals surface area contributed by atoms with E-state index in [1.807, 2.05) is 0 Å². The number of ether oxygens (including phenoxy) is 2. The maximum atomic E-state index is 11.6. The van der Waals surface area contributed by atoms with Gasteiger partial charge in [0.25, 0.3) is 0 Å². The van der Waals surface area contributed by atoms with Gasteiger partial charge in [-0.25, -0.2) is 0 Å². The Labute approximate surface area is 111 Å². The first kappa shape index (κ1) is 14.6. The van der Waals surface area contributed by atoms with Crippen LogP contribution in [-0.4, -0.2) is 33.2 Å². The highest BCUT2D eigenvalue weighted by Crippen LogP contribution is 2.32. The molecule has 0 aliphatic carbocycles. The molecule has 0 spiro atoms. The summed E-state index contributed by atoms with van der Waals surface area (Å²) < 4.78 is 10.3. The fraction of sp³-hybridized carbons (Fsp3) is 0.417. The third-order valence-corrected chi connectivity index (χ3v) is 2.67. The molecule has 0 aliphatic heterocycles. The Hall–Kier alpha value is -1.46. The molecular weight excluding hydrogens is 256 g/mol. The maximum absolute atomic E-state index is 11.6. The van der Waals surface area contributed by atoms with Crippen molar-refractivity contribution in [2.75, 3.05) is 27.3 Å². The predicted molar refractivity (Wildman–Crippen MR) is 70.3 cm³/mol. The number of hydrogen-bond acceptors (Lipinski definition) is 4. The smallest absolute Gasteiger partial charge is 0.224 e. The number of hydrogen-bond donors (Lipinski definition) is 2. The number of rotatable bonds is 6. The minimum Gasteiger partial charge on any atom is -0.496 e. The van der Waals surface area contributed by atoms with E-state index in [2.05, 4.69) is 5.32 Å². The first-order valence-corrected chi connectivity index (χ1v) is 5.87. The van der Waals surface area contributed by atoms with Crippen LogP contribution in [0.4, 0.5) is 0 Å². The van der Waals surface area contributed by atoms with E-state index in [4.69, 9.17) is 26.8 Å². The molecule has 18 heavy (non-hydrogen) atoms. The molecule has 1 amide bonds. The molecule has 0 unspecified atom stereocenters. The second-order valence-corrected chi connectivity index (χ2v) is 4.02. The SMILES string of the molecule is COc1cc(CC(=O)NCCN)c(OC)cc1Cl. The Morgan fingerprint density at radius 3 is 2.56 bits per heavy atom. The minimum atomic E-state index is -0.122. The molecule has 0 radical (unpaired) electrons. The van der Waals surface area contributed by atoms with Crippen LogP contribution >= 0.6 is 11.6 Å². The number of carbonyl (C=O) groups is 1. The van der Waals surface area contributed by atoms with Crippen LogP contribution in [0.3, 0.4) is 0 Å². The molecule has 5 nitrogen and oxygen atoms in total. The summed E-state index contributed by atoms with van der Waals surface area (Å²) in [6.07, 6.45) is 0.191. The van der Waals surface area contributed by atoms with Crippen LogP contribution in [-0.2, 0) is 11.2 Å². The quantitative estimate of drug-likeness (QED) is 0.809. The molecular formula is C12H17ClN2O3. The highest BCUT2D eigenvalue weighted by atomic mass is 35.5. The molecule has 100 valence electrons. The van der Waals surface area contributed by atoms with Crippen molar-refractivity contribution in [1.82, 2.24) is 5.32 Å². The lowest BCUT2D eigenvalue weighted by atomic mass is 10.1. The number of amides is 1. The molecule has 3 N–H and O–H groups in total. The standard InChI is InChI=1S/C12H17ClN2O3/c1-17-10-7-9(13)11(18-2)5-8(10)6-12(16)15-4-3-14/h5,7H,3-4,6,14H2,1-2H3,(H,15,16). The van der Waals surface area contributed by atoms with Crippen molar-refractivity contribution in [1.29, 1.82) is 0 Å². The lowest BCUT2D eigenvalue weighted by molar-refractivity contribution is -0.120. The van der Waals surface area contributed by atoms with Gasteiger partial charge in [-0.1, -0.05) is 11.6 Å². The molecule has 6 heteroatoms. The Balaban J connectivity index is 2.89. The van der Waals surface area contributed by atoms with Gasteiger partial charge in [0.15, 0.2) is 0 Å². The predicted octanol–water partition coefficient (Wildman–Crippen LogP) is 0.975. The number of halogens is 1. The van der Waals surface area contributed by atoms with E-state index in [-0.39, 0.29) is 12.3 Å². The van der Waals surface area contributed by atoms with E-state index < -0.39 is 0 Å². The average Bonchev–Trinajstić information content (AvgIpc) is 2.37. The van der Waals surface area contributed by atoms with Crippen LogP contribution in [0.15, 0.2) is 12.1 Å². The van der Waals surface area contributed by atoms with Gasteiger partial charge in [-0.05, 0) is 6.07 Å². The van der Waals surface area contributed by atoms with Crippen molar-refractivity contribution in [2.45, 2.75) is 6.42 Å². The summed E-state index contributed by atoms with van der Waals surface area (Å²) in [6.45, 7) is 0.860. The van der Waals surface area contributed by atoms with Gasteiger partial charge < -0.3 is 20.5 Å². The van der Waals surface area contributed by atoms with Crippen LogP contribution in [0.5, 0.6) is 11.5 Å². The first-order chi connectivity index (χ1) is 8.62. The van der Waals surface area contributed by atoms with E-state index in [0.717, 1.165) is 0 Å². The summed E-state index contributed by atoms with van der Waals surface area (Å²) in [5, 5.41) is 3.14. The summed E-state index contributed by atoms with van der Waals surface area (Å²) in [6, 6.07) is 3.33. The van der Waals surface area contributed by atoms with E-state index in [1.54, 1.807) is 12.1 Å². The van der Waals surface area contributed by atoms with Gasteiger partial charge in [-0.15, -0.1) is 0 Å². The highest BCUT2D eigenvalue weighted by molar-refractivity contribution is 6.32. The van der Waals surface area contributed by atoms with Crippen molar-refractivity contribution in [3.05, 3.63) is 22.7 Å². The summed E-state index contributed by atoms with van der Waals surface area (Å²) in [4.78, 5) is 11.6. The summed E-state index contributed by atoms with van der Waals surface area (Å²) in [5.74, 6) is 0.950. The largest absolute Gasteiger partial charge is 0.496 e. The molecule has 0 aromatic heterocycles. The van der Waals surface area contributed by atoms with E-state index >= 15 is 0 Å². The summed E-state index contributed by atoms with van der Waals surface area (Å²) in [5.41, 5.74) is 6.03. The monoisotopic (exact) mass is 272 g/mol. The topological polar surface area (TPSA) is 73.6 Å². The summed E-state index contributed by atoms with van der Waals surface area (Å²) in [7, 11) is 3.05. The number of nitrogens with two attached hydrogens (primary N) is 1. The van der Waals surface area contributed by atoms with E-state index in [0.29, 0.717) is 35.2 Å². The second-order valence-electron chi connectivity index (χ2n) is 3.61. The fourth-order valence-electron chi connectivity index (χ4n) is 1.51. The number of methoxy groups -OCH3 is 2. The second kappa shape index (κ2) is 7.08. The van der Waals surface area contributed by atoms with E-state index in [1.165, 1.54) is 14.2 Å². The molecule has 0 saturated carbocycles. The van der Waals surface area contributed by atoms with E-state index in [9.17, 15) is 4.79 Å². The van der Waals surface area contributed by atoms with Gasteiger partial charge in [-0.3, -0.25) is 4.79 Å². The first-order valence-electron chi connectivity index (χ1n) is 5.49. The lowest BCUT2D eigenvalue weighted by Gasteiger charge is -2.12. The molecule has 1 aromatic rings. The van der Waals surface area contributed by atoms with Crippen LogP contribution in [0.2, 0.25) is 5.02 Å². The van der Waals surface area contributed by atoms with Crippen LogP contribution < -0.4 is 20.5 Å². The molecule has 1 rings (SSSR count). The molecule has 1 aromatic carbocycles. The van der Waals surface area contributed by atoms with Gasteiger partial charge >= 0.3 is 0 Å². The molecule has 0 heterocycles. The van der Waals surface area contributed by atoms with Crippen molar-refractivity contribution in [3.8, 4) is 11.5 Å². The van der Waals surface area contributed by atoms with Crippen molar-refractivity contribution in [3.63, 3.8) is 0 Å². The zero-order chi connectivity index (χ0) is 13.5. The lowest BCUT2D eigenvalue weighted by Crippen LogP contribution is -2.30. The van der Waals surface area contributed by atoms with Gasteiger partial charge in [-0.2, -0.15) is 0 Å². The third-order valence-electron chi connectivity index (χ3n) is 2.37. The van der Waals surface area contributed by atoms with Crippen LogP contribution in [0.1, 0.15) is 5.56 Å². The van der Waals surface area contributed by atoms with Gasteiger partial charge in [0, 0.05) is 24.7 Å². The van der Waals surface area contributed by atoms with Crippen molar-refractivity contribution >= 4 is 17.5 Å². The van der Waals surface area contributed by atoms with Gasteiger partial charge in [0.1, 0.15) is 11.5 Å². The summed E-state index contributed by atoms with van der Waals surface area (Å²) >= 11 is 5.98. The number of carbonyl (C=O) groups excluding carboxylic acids is 1. The van der Waals surface area contributed by atoms with Crippen molar-refractivity contribution < 1.29 is 14.3 Å². The minimum absolute atomic E-state index is 0.122. The highest BCUT2D eigenvalue weighted by Gasteiger charge is 2.12. The molecule has 0 aliphatic rings. The zero-order valence-electron chi connectivity index (χ0n) is 10.5. The molecule has 0 bridgehead atoms. The van der Waals surface area contributed by atoms with Crippen molar-refractivity contribution in [2.24, 2.45) is 5.73 Å². The number of benzene rings is 1. The molecule has 0 fully saturated rings. The van der Waals surface area contributed by atoms with Gasteiger partial charge in [0.05, 0.1) is 25.7 Å². The normalized spacial score (nSPS) is 10.0. The van der Waals surface area contributed by atoms with Crippen LogP contribution in [0, 0.1) is 0 Å². The molecule has 0 saturated heterocycles. The Morgan fingerprint density at radius 2 is 2.00 bits per heavy atom. The molecule has 0 atom stereocenters. The average molecular weight is 273 g/mol. The Kier molecular flexibility index (Phi) is 5.74. The Bertz CT molecular complexity index is 424. The fourth-order valence-corrected chi connectivity index (χ4v) is 1.74. The third kappa shape index (κ3) is 3.78. The Morgan fingerprint density at radius 1 is 1.33 bits per heavy atom.